The average molecular weight is 424 g/mol. The van der Waals surface area contributed by atoms with Crippen molar-refractivity contribution in [2.24, 2.45) is 0 Å². The van der Waals surface area contributed by atoms with Crippen LogP contribution in [0, 0.1) is 6.92 Å². The number of nitrogens with one attached hydrogen (secondary N) is 1. The highest BCUT2D eigenvalue weighted by Gasteiger charge is 2.40. The van der Waals surface area contributed by atoms with Crippen molar-refractivity contribution in [3.63, 3.8) is 0 Å². The third kappa shape index (κ3) is 4.36. The van der Waals surface area contributed by atoms with Gasteiger partial charge >= 0.3 is 0 Å². The van der Waals surface area contributed by atoms with Crippen LogP contribution in [-0.2, 0) is 14.4 Å². The Balaban J connectivity index is 1.54. The predicted molar refractivity (Wildman–Crippen MR) is 119 cm³/mol. The van der Waals surface area contributed by atoms with Crippen molar-refractivity contribution in [2.45, 2.75) is 36.3 Å². The van der Waals surface area contributed by atoms with E-state index in [1.807, 2.05) is 55.5 Å². The highest BCUT2D eigenvalue weighted by atomic mass is 32.2. The molecule has 2 aliphatic rings. The van der Waals surface area contributed by atoms with E-state index < -0.39 is 5.25 Å². The van der Waals surface area contributed by atoms with Gasteiger partial charge in [-0.2, -0.15) is 0 Å². The molecule has 1 fully saturated rings. The minimum atomic E-state index is -0.842. The zero-order valence-corrected chi connectivity index (χ0v) is 17.8. The van der Waals surface area contributed by atoms with Crippen molar-refractivity contribution in [1.82, 2.24) is 4.90 Å². The fraction of sp³-hybridized carbons (Fsp3) is 0.348. The number of likely N-dealkylation sites (tertiary alicyclic amines) is 1. The van der Waals surface area contributed by atoms with Gasteiger partial charge in [-0.1, -0.05) is 29.8 Å². The summed E-state index contributed by atoms with van der Waals surface area (Å²) in [6.45, 7) is 3.23. The second-order valence-corrected chi connectivity index (χ2v) is 8.84. The van der Waals surface area contributed by atoms with Gasteiger partial charge in [-0.15, -0.1) is 11.8 Å². The number of nitrogens with zero attached hydrogens (tertiary/aromatic N) is 2. The number of rotatable bonds is 4. The van der Waals surface area contributed by atoms with Crippen LogP contribution in [0.4, 0.5) is 11.4 Å². The summed E-state index contributed by atoms with van der Waals surface area (Å²) in [6.07, 6.45) is 3.05. The van der Waals surface area contributed by atoms with Gasteiger partial charge in [-0.25, -0.2) is 0 Å². The quantitative estimate of drug-likeness (QED) is 0.765. The van der Waals surface area contributed by atoms with Crippen molar-refractivity contribution >= 4 is 40.9 Å². The van der Waals surface area contributed by atoms with Crippen molar-refractivity contribution < 1.29 is 14.4 Å². The molecule has 1 saturated heterocycles. The van der Waals surface area contributed by atoms with Crippen LogP contribution in [-0.4, -0.2) is 47.5 Å². The van der Waals surface area contributed by atoms with Gasteiger partial charge in [-0.05, 0) is 50.5 Å². The molecule has 2 aliphatic heterocycles. The Kier molecular flexibility index (Phi) is 6.08. The number of amides is 3. The highest BCUT2D eigenvalue weighted by Crippen LogP contribution is 2.39. The average Bonchev–Trinajstić information content (AvgIpc) is 2.77. The molecule has 0 saturated carbocycles. The number of carbonyl (C=O) groups is 3. The standard InChI is InChI=1S/C23H25N3O3S/c1-16-9-11-17(12-10-16)24-20(27)15-26-18-7-3-4-8-19(18)30-21(23(26)29)22(28)25-13-5-2-6-14-25/h3-4,7-12,21H,2,5-6,13-15H2,1H3,(H,24,27). The molecule has 0 aliphatic carbocycles. The highest BCUT2D eigenvalue weighted by molar-refractivity contribution is 8.01. The van der Waals surface area contributed by atoms with Crippen molar-refractivity contribution in [3.05, 3.63) is 54.1 Å². The molecule has 2 aromatic carbocycles. The second kappa shape index (κ2) is 8.92. The van der Waals surface area contributed by atoms with Crippen LogP contribution in [0.2, 0.25) is 0 Å². The maximum Gasteiger partial charge on any atom is 0.250 e. The molecule has 1 unspecified atom stereocenters. The van der Waals surface area contributed by atoms with Gasteiger partial charge in [0.2, 0.25) is 11.8 Å². The molecular weight excluding hydrogens is 398 g/mol. The molecule has 1 N–H and O–H groups in total. The number of thioether (sulfide) groups is 1. The summed E-state index contributed by atoms with van der Waals surface area (Å²) in [5, 5.41) is 2.00. The molecule has 1 atom stereocenters. The van der Waals surface area contributed by atoms with E-state index in [0.717, 1.165) is 29.7 Å². The monoisotopic (exact) mass is 423 g/mol. The normalized spacial score (nSPS) is 18.7. The van der Waals surface area contributed by atoms with Gasteiger partial charge in [0, 0.05) is 23.7 Å². The lowest BCUT2D eigenvalue weighted by molar-refractivity contribution is -0.135. The van der Waals surface area contributed by atoms with Gasteiger partial charge in [0.05, 0.1) is 5.69 Å². The van der Waals surface area contributed by atoms with Crippen LogP contribution in [0.5, 0.6) is 0 Å². The molecule has 4 rings (SSSR count). The minimum Gasteiger partial charge on any atom is -0.341 e. The van der Waals surface area contributed by atoms with Crippen LogP contribution in [0.3, 0.4) is 0 Å². The summed E-state index contributed by atoms with van der Waals surface area (Å²) in [7, 11) is 0. The van der Waals surface area contributed by atoms with E-state index in [1.54, 1.807) is 4.90 Å². The first-order valence-electron chi connectivity index (χ1n) is 10.3. The van der Waals surface area contributed by atoms with Gasteiger partial charge in [0.15, 0.2) is 5.25 Å². The van der Waals surface area contributed by atoms with E-state index >= 15 is 0 Å². The SMILES string of the molecule is Cc1ccc(NC(=O)CN2C(=O)C(C(=O)N3CCCCC3)Sc3ccccc32)cc1. The Labute approximate surface area is 180 Å². The first-order chi connectivity index (χ1) is 14.5. The van der Waals surface area contributed by atoms with Crippen molar-refractivity contribution in [2.75, 3.05) is 29.9 Å². The van der Waals surface area contributed by atoms with Crippen LogP contribution < -0.4 is 10.2 Å². The zero-order chi connectivity index (χ0) is 21.1. The topological polar surface area (TPSA) is 69.7 Å². The van der Waals surface area contributed by atoms with Crippen molar-refractivity contribution in [3.8, 4) is 0 Å². The smallest absolute Gasteiger partial charge is 0.250 e. The van der Waals surface area contributed by atoms with Gasteiger partial charge in [0.1, 0.15) is 6.54 Å². The van der Waals surface area contributed by atoms with E-state index in [9.17, 15) is 14.4 Å². The molecular formula is C23H25N3O3S. The molecule has 7 heteroatoms. The Hall–Kier alpha value is -2.80. The number of carbonyl (C=O) groups excluding carboxylic acids is 3. The van der Waals surface area contributed by atoms with E-state index in [0.29, 0.717) is 24.5 Å². The van der Waals surface area contributed by atoms with Crippen LogP contribution >= 0.6 is 11.8 Å². The molecule has 2 heterocycles. The molecule has 0 radical (unpaired) electrons. The minimum absolute atomic E-state index is 0.131. The summed E-state index contributed by atoms with van der Waals surface area (Å²) in [4.78, 5) is 43.1. The molecule has 3 amide bonds. The Bertz CT molecular complexity index is 954. The molecule has 0 spiro atoms. The number of anilines is 2. The largest absolute Gasteiger partial charge is 0.341 e. The molecule has 0 bridgehead atoms. The van der Waals surface area contributed by atoms with Crippen LogP contribution in [0.25, 0.3) is 0 Å². The van der Waals surface area contributed by atoms with Gasteiger partial charge in [0.25, 0.3) is 5.91 Å². The van der Waals surface area contributed by atoms with E-state index in [1.165, 1.54) is 16.7 Å². The number of aryl methyl sites for hydroxylation is 1. The number of hydrogen-bond donors (Lipinski definition) is 1. The summed E-state index contributed by atoms with van der Waals surface area (Å²) < 4.78 is 0. The number of para-hydroxylation sites is 1. The van der Waals surface area contributed by atoms with Gasteiger partial charge < -0.3 is 15.1 Å². The maximum absolute atomic E-state index is 13.3. The summed E-state index contributed by atoms with van der Waals surface area (Å²) >= 11 is 1.29. The maximum atomic E-state index is 13.3. The Morgan fingerprint density at radius 1 is 1.03 bits per heavy atom. The first-order valence-corrected chi connectivity index (χ1v) is 11.1. The number of hydrogen-bond acceptors (Lipinski definition) is 4. The van der Waals surface area contributed by atoms with Crippen LogP contribution in [0.1, 0.15) is 24.8 Å². The molecule has 2 aromatic rings. The lowest BCUT2D eigenvalue weighted by Gasteiger charge is -2.36. The van der Waals surface area contributed by atoms with E-state index in [4.69, 9.17) is 0 Å². The Morgan fingerprint density at radius 2 is 1.73 bits per heavy atom. The summed E-state index contributed by atoms with van der Waals surface area (Å²) in [5.74, 6) is -0.769. The number of benzene rings is 2. The lowest BCUT2D eigenvalue weighted by atomic mass is 10.1. The molecule has 156 valence electrons. The van der Waals surface area contributed by atoms with Crippen LogP contribution in [0.15, 0.2) is 53.4 Å². The molecule has 30 heavy (non-hydrogen) atoms. The fourth-order valence-corrected chi connectivity index (χ4v) is 4.99. The third-order valence-electron chi connectivity index (χ3n) is 5.42. The first kappa shape index (κ1) is 20.5. The van der Waals surface area contributed by atoms with Gasteiger partial charge in [-0.3, -0.25) is 14.4 Å². The summed E-state index contributed by atoms with van der Waals surface area (Å²) in [6, 6.07) is 14.9. The van der Waals surface area contributed by atoms with E-state index in [-0.39, 0.29) is 24.3 Å². The zero-order valence-electron chi connectivity index (χ0n) is 17.0. The third-order valence-corrected chi connectivity index (χ3v) is 6.66. The van der Waals surface area contributed by atoms with Crippen molar-refractivity contribution in [1.29, 1.82) is 0 Å². The molecule has 0 aromatic heterocycles. The number of piperidine rings is 1. The predicted octanol–water partition coefficient (Wildman–Crippen LogP) is 3.45. The fourth-order valence-electron chi connectivity index (χ4n) is 3.80. The lowest BCUT2D eigenvalue weighted by Crippen LogP contribution is -2.52. The second-order valence-electron chi connectivity index (χ2n) is 7.69. The molecule has 6 nitrogen and oxygen atoms in total. The number of fused-ring (bicyclic) bond motifs is 1. The summed E-state index contributed by atoms with van der Waals surface area (Å²) in [5.41, 5.74) is 2.46. The van der Waals surface area contributed by atoms with E-state index in [2.05, 4.69) is 5.32 Å². The Morgan fingerprint density at radius 3 is 2.47 bits per heavy atom.